The molecule has 2 aromatic rings. The second-order valence-corrected chi connectivity index (χ2v) is 5.44. The van der Waals surface area contributed by atoms with Crippen LogP contribution in [0.2, 0.25) is 0 Å². The number of imidazole rings is 1. The van der Waals surface area contributed by atoms with Crippen LogP contribution in [0.25, 0.3) is 0 Å². The van der Waals surface area contributed by atoms with Gasteiger partial charge in [-0.05, 0) is 24.1 Å². The molecule has 0 spiro atoms. The van der Waals surface area contributed by atoms with Gasteiger partial charge in [0.1, 0.15) is 5.82 Å². The first-order valence-corrected chi connectivity index (χ1v) is 7.05. The zero-order valence-electron chi connectivity index (χ0n) is 13.1. The van der Waals surface area contributed by atoms with Crippen LogP contribution in [0.1, 0.15) is 36.1 Å². The van der Waals surface area contributed by atoms with Gasteiger partial charge < -0.3 is 14.6 Å². The summed E-state index contributed by atoms with van der Waals surface area (Å²) in [6.45, 7) is 4.01. The predicted molar refractivity (Wildman–Crippen MR) is 81.2 cm³/mol. The molecule has 0 radical (unpaired) electrons. The number of hydrogen-bond donors (Lipinski definition) is 1. The van der Waals surface area contributed by atoms with Crippen molar-refractivity contribution in [3.8, 4) is 5.75 Å². The molecule has 6 heteroatoms. The second kappa shape index (κ2) is 6.60. The molecule has 0 saturated heterocycles. The highest BCUT2D eigenvalue weighted by molar-refractivity contribution is 5.94. The summed E-state index contributed by atoms with van der Waals surface area (Å²) in [4.78, 5) is 16.7. The van der Waals surface area contributed by atoms with Gasteiger partial charge in [0.25, 0.3) is 5.91 Å². The van der Waals surface area contributed by atoms with Crippen LogP contribution in [0.4, 0.5) is 4.39 Å². The topological polar surface area (TPSA) is 56.1 Å². The van der Waals surface area contributed by atoms with Crippen LogP contribution in [0, 0.1) is 11.7 Å². The number of nitrogens with zero attached hydrogens (tertiary/aromatic N) is 2. The third kappa shape index (κ3) is 3.27. The summed E-state index contributed by atoms with van der Waals surface area (Å²) < 4.78 is 20.2. The molecule has 0 saturated carbocycles. The van der Waals surface area contributed by atoms with Crippen molar-refractivity contribution in [2.45, 2.75) is 19.9 Å². The van der Waals surface area contributed by atoms with Crippen LogP contribution in [0.3, 0.4) is 0 Å². The molecular weight excluding hydrogens is 285 g/mol. The normalized spacial score (nSPS) is 12.3. The van der Waals surface area contributed by atoms with Crippen LogP contribution in [-0.4, -0.2) is 22.6 Å². The van der Waals surface area contributed by atoms with Crippen molar-refractivity contribution in [3.05, 3.63) is 47.8 Å². The largest absolute Gasteiger partial charge is 0.494 e. The minimum absolute atomic E-state index is 0.0470. The van der Waals surface area contributed by atoms with E-state index in [0.717, 1.165) is 5.82 Å². The standard InChI is InChI=1S/C16H20FN3O2/c1-10(2)14(15-18-7-8-20(15)3)19-16(21)11-5-6-12(17)13(9-11)22-4/h5-10,14H,1-4H3,(H,19,21)/t14-/m0/s1. The molecular formula is C16H20FN3O2. The Hall–Kier alpha value is -2.37. The lowest BCUT2D eigenvalue weighted by atomic mass is 10.0. The molecule has 0 aliphatic carbocycles. The van der Waals surface area contributed by atoms with E-state index < -0.39 is 5.82 Å². The molecule has 0 aliphatic heterocycles. The van der Waals surface area contributed by atoms with E-state index in [1.807, 2.05) is 31.7 Å². The van der Waals surface area contributed by atoms with Gasteiger partial charge >= 0.3 is 0 Å². The smallest absolute Gasteiger partial charge is 0.252 e. The first kappa shape index (κ1) is 16.0. The summed E-state index contributed by atoms with van der Waals surface area (Å²) in [7, 11) is 3.25. The Bertz CT molecular complexity index is 667. The number of benzene rings is 1. The Kier molecular flexibility index (Phi) is 4.80. The Balaban J connectivity index is 2.24. The maximum atomic E-state index is 13.4. The van der Waals surface area contributed by atoms with Gasteiger partial charge in [0.2, 0.25) is 0 Å². The number of nitrogens with one attached hydrogen (secondary N) is 1. The number of aryl methyl sites for hydroxylation is 1. The van der Waals surface area contributed by atoms with E-state index in [2.05, 4.69) is 10.3 Å². The van der Waals surface area contributed by atoms with Crippen molar-refractivity contribution < 1.29 is 13.9 Å². The van der Waals surface area contributed by atoms with Crippen LogP contribution >= 0.6 is 0 Å². The average molecular weight is 305 g/mol. The first-order valence-electron chi connectivity index (χ1n) is 7.05. The third-order valence-electron chi connectivity index (χ3n) is 3.50. The number of methoxy groups -OCH3 is 1. The Morgan fingerprint density at radius 2 is 2.14 bits per heavy atom. The molecule has 1 heterocycles. The van der Waals surface area contributed by atoms with Gasteiger partial charge in [0.15, 0.2) is 11.6 Å². The van der Waals surface area contributed by atoms with Crippen LogP contribution in [-0.2, 0) is 7.05 Å². The zero-order chi connectivity index (χ0) is 16.3. The van der Waals surface area contributed by atoms with E-state index >= 15 is 0 Å². The molecule has 1 atom stereocenters. The molecule has 1 amide bonds. The van der Waals surface area contributed by atoms with E-state index in [1.165, 1.54) is 25.3 Å². The van der Waals surface area contributed by atoms with Gasteiger partial charge in [0.05, 0.1) is 13.2 Å². The molecule has 118 valence electrons. The van der Waals surface area contributed by atoms with E-state index in [0.29, 0.717) is 5.56 Å². The van der Waals surface area contributed by atoms with E-state index in [-0.39, 0.29) is 23.6 Å². The molecule has 0 aliphatic rings. The van der Waals surface area contributed by atoms with Gasteiger partial charge in [0, 0.05) is 25.0 Å². The average Bonchev–Trinajstić information content (AvgIpc) is 2.90. The minimum atomic E-state index is -0.497. The summed E-state index contributed by atoms with van der Waals surface area (Å²) in [6, 6.07) is 3.81. The maximum absolute atomic E-state index is 13.4. The van der Waals surface area contributed by atoms with Crippen molar-refractivity contribution in [2.24, 2.45) is 13.0 Å². The Morgan fingerprint density at radius 1 is 1.41 bits per heavy atom. The monoisotopic (exact) mass is 305 g/mol. The highest BCUT2D eigenvalue weighted by Crippen LogP contribution is 2.22. The predicted octanol–water partition coefficient (Wildman–Crippen LogP) is 2.69. The number of carbonyl (C=O) groups excluding carboxylic acids is 1. The van der Waals surface area contributed by atoms with Crippen molar-refractivity contribution in [3.63, 3.8) is 0 Å². The van der Waals surface area contributed by atoms with Crippen molar-refractivity contribution in [2.75, 3.05) is 7.11 Å². The fourth-order valence-corrected chi connectivity index (χ4v) is 2.23. The lowest BCUT2D eigenvalue weighted by molar-refractivity contribution is 0.0922. The number of carbonyl (C=O) groups is 1. The molecule has 0 fully saturated rings. The minimum Gasteiger partial charge on any atom is -0.494 e. The van der Waals surface area contributed by atoms with Crippen LogP contribution in [0.5, 0.6) is 5.75 Å². The first-order chi connectivity index (χ1) is 10.4. The summed E-state index contributed by atoms with van der Waals surface area (Å²) in [5.41, 5.74) is 0.345. The number of hydrogen-bond acceptors (Lipinski definition) is 3. The summed E-state index contributed by atoms with van der Waals surface area (Å²) in [5, 5.41) is 2.95. The fourth-order valence-electron chi connectivity index (χ4n) is 2.23. The van der Waals surface area contributed by atoms with Gasteiger partial charge in [-0.15, -0.1) is 0 Å². The summed E-state index contributed by atoms with van der Waals surface area (Å²) in [5.74, 6) is 0.194. The van der Waals surface area contributed by atoms with Crippen molar-refractivity contribution in [1.29, 1.82) is 0 Å². The molecule has 5 nitrogen and oxygen atoms in total. The summed E-state index contributed by atoms with van der Waals surface area (Å²) >= 11 is 0. The SMILES string of the molecule is COc1cc(C(=O)N[C@H](c2nccn2C)C(C)C)ccc1F. The van der Waals surface area contributed by atoms with Gasteiger partial charge in [-0.2, -0.15) is 0 Å². The van der Waals surface area contributed by atoms with Crippen molar-refractivity contribution >= 4 is 5.91 Å². The Morgan fingerprint density at radius 3 is 2.68 bits per heavy atom. The lowest BCUT2D eigenvalue weighted by Crippen LogP contribution is -2.33. The number of halogens is 1. The van der Waals surface area contributed by atoms with Gasteiger partial charge in [-0.3, -0.25) is 4.79 Å². The molecule has 1 aromatic carbocycles. The molecule has 2 rings (SSSR count). The second-order valence-electron chi connectivity index (χ2n) is 5.44. The van der Waals surface area contributed by atoms with E-state index in [9.17, 15) is 9.18 Å². The maximum Gasteiger partial charge on any atom is 0.252 e. The van der Waals surface area contributed by atoms with Gasteiger partial charge in [-0.1, -0.05) is 13.8 Å². The molecule has 0 unspecified atom stereocenters. The lowest BCUT2D eigenvalue weighted by Gasteiger charge is -2.22. The highest BCUT2D eigenvalue weighted by atomic mass is 19.1. The van der Waals surface area contributed by atoms with E-state index in [4.69, 9.17) is 4.74 Å². The third-order valence-corrected chi connectivity index (χ3v) is 3.50. The quantitative estimate of drug-likeness (QED) is 0.924. The van der Waals surface area contributed by atoms with Crippen molar-refractivity contribution in [1.82, 2.24) is 14.9 Å². The fraction of sp³-hybridized carbons (Fsp3) is 0.375. The molecule has 1 aromatic heterocycles. The Labute approximate surface area is 129 Å². The number of rotatable bonds is 5. The zero-order valence-corrected chi connectivity index (χ0v) is 13.1. The highest BCUT2D eigenvalue weighted by Gasteiger charge is 2.23. The molecule has 22 heavy (non-hydrogen) atoms. The number of aromatic nitrogens is 2. The number of amides is 1. The van der Waals surface area contributed by atoms with E-state index in [1.54, 1.807) is 6.20 Å². The van der Waals surface area contributed by atoms with Crippen LogP contribution in [0.15, 0.2) is 30.6 Å². The molecule has 1 N–H and O–H groups in total. The van der Waals surface area contributed by atoms with Gasteiger partial charge in [-0.25, -0.2) is 9.37 Å². The summed E-state index contributed by atoms with van der Waals surface area (Å²) in [6.07, 6.45) is 3.52. The van der Waals surface area contributed by atoms with Crippen LogP contribution < -0.4 is 10.1 Å². The number of ether oxygens (including phenoxy) is 1. The molecule has 0 bridgehead atoms.